The van der Waals surface area contributed by atoms with Gasteiger partial charge in [-0.2, -0.15) is 0 Å². The fraction of sp³-hybridized carbons (Fsp3) is 0.500. The number of hydrogen-bond donors (Lipinski definition) is 1. The zero-order valence-corrected chi connectivity index (χ0v) is 17.1. The van der Waals surface area contributed by atoms with Crippen LogP contribution in [0.25, 0.3) is 0 Å². The van der Waals surface area contributed by atoms with Gasteiger partial charge in [-0.25, -0.2) is 9.97 Å². The number of piperazine rings is 1. The van der Waals surface area contributed by atoms with Crippen LogP contribution in [0.5, 0.6) is 0 Å². The highest BCUT2D eigenvalue weighted by atomic mass is 16.2. The number of anilines is 1. The van der Waals surface area contributed by atoms with Gasteiger partial charge in [-0.15, -0.1) is 0 Å². The topological polar surface area (TPSA) is 64.6 Å². The number of likely N-dealkylation sites (N-methyl/N-ethyl adjacent to an activating group) is 1. The van der Waals surface area contributed by atoms with Crippen LogP contribution in [0.3, 0.4) is 0 Å². The summed E-state index contributed by atoms with van der Waals surface area (Å²) in [7, 11) is 1.72. The molecular formula is C22H30N6O. The lowest BCUT2D eigenvalue weighted by Crippen LogP contribution is -2.57. The van der Waals surface area contributed by atoms with Crippen LogP contribution >= 0.6 is 0 Å². The van der Waals surface area contributed by atoms with Gasteiger partial charge in [0, 0.05) is 59.1 Å². The molecule has 0 saturated carbocycles. The molecule has 0 bridgehead atoms. The van der Waals surface area contributed by atoms with E-state index < -0.39 is 0 Å². The van der Waals surface area contributed by atoms with Crippen LogP contribution in [-0.4, -0.2) is 71.5 Å². The maximum Gasteiger partial charge on any atom is 0.238 e. The summed E-state index contributed by atoms with van der Waals surface area (Å²) in [5.74, 6) is 0.914. The first-order valence-electron chi connectivity index (χ1n) is 10.5. The van der Waals surface area contributed by atoms with Gasteiger partial charge < -0.3 is 10.2 Å². The second-order valence-electron chi connectivity index (χ2n) is 7.86. The predicted octanol–water partition coefficient (Wildman–Crippen LogP) is 1.51. The number of hydrogen-bond acceptors (Lipinski definition) is 6. The molecule has 2 aliphatic rings. The minimum Gasteiger partial charge on any atom is -0.358 e. The average Bonchev–Trinajstić information content (AvgIpc) is 3.30. The number of carbonyl (C=O) groups excluding carboxylic acids is 1. The van der Waals surface area contributed by atoms with E-state index in [0.717, 1.165) is 50.9 Å². The van der Waals surface area contributed by atoms with Gasteiger partial charge in [-0.1, -0.05) is 30.3 Å². The van der Waals surface area contributed by atoms with E-state index in [9.17, 15) is 4.79 Å². The largest absolute Gasteiger partial charge is 0.358 e. The van der Waals surface area contributed by atoms with Crippen LogP contribution in [0.1, 0.15) is 24.1 Å². The molecule has 7 heteroatoms. The second-order valence-corrected chi connectivity index (χ2v) is 7.86. The first-order valence-corrected chi connectivity index (χ1v) is 10.5. The third-order valence-electron chi connectivity index (χ3n) is 5.83. The van der Waals surface area contributed by atoms with Crippen molar-refractivity contribution in [2.24, 2.45) is 0 Å². The predicted molar refractivity (Wildman–Crippen MR) is 113 cm³/mol. The van der Waals surface area contributed by atoms with Crippen LogP contribution in [0.2, 0.25) is 0 Å². The number of amides is 1. The fourth-order valence-corrected chi connectivity index (χ4v) is 4.21. The quantitative estimate of drug-likeness (QED) is 0.801. The van der Waals surface area contributed by atoms with Gasteiger partial charge in [-0.05, 0) is 24.5 Å². The molecule has 0 aliphatic carbocycles. The van der Waals surface area contributed by atoms with Gasteiger partial charge >= 0.3 is 0 Å². The molecule has 1 aromatic carbocycles. The van der Waals surface area contributed by atoms with Crippen molar-refractivity contribution in [2.45, 2.75) is 32.0 Å². The molecule has 1 N–H and O–H groups in total. The number of benzene rings is 1. The zero-order chi connectivity index (χ0) is 20.1. The van der Waals surface area contributed by atoms with Crippen molar-refractivity contribution in [2.75, 3.05) is 44.7 Å². The van der Waals surface area contributed by atoms with Crippen LogP contribution in [0.15, 0.2) is 42.6 Å². The highest BCUT2D eigenvalue weighted by molar-refractivity contribution is 5.81. The molecule has 154 valence electrons. The van der Waals surface area contributed by atoms with Gasteiger partial charge in [-0.3, -0.25) is 14.6 Å². The molecule has 29 heavy (non-hydrogen) atoms. The Kier molecular flexibility index (Phi) is 6.36. The number of nitrogens with zero attached hydrogens (tertiary/aromatic N) is 5. The molecule has 4 rings (SSSR count). The van der Waals surface area contributed by atoms with Gasteiger partial charge in [0.15, 0.2) is 0 Å². The molecule has 1 aromatic heterocycles. The van der Waals surface area contributed by atoms with Crippen molar-refractivity contribution in [1.82, 2.24) is 25.1 Å². The Balaban J connectivity index is 1.42. The SMILES string of the molecule is CNC(=O)[C@H]1CN(Cc2ccnc(N3CCCC3)n2)CCN1Cc1ccccc1. The molecule has 2 aliphatic heterocycles. The Morgan fingerprint density at radius 2 is 1.86 bits per heavy atom. The van der Waals surface area contributed by atoms with Crippen LogP contribution < -0.4 is 10.2 Å². The lowest BCUT2D eigenvalue weighted by atomic mass is 10.1. The van der Waals surface area contributed by atoms with Crippen LogP contribution in [0.4, 0.5) is 5.95 Å². The Labute approximate surface area is 172 Å². The summed E-state index contributed by atoms with van der Waals surface area (Å²) in [6, 6.07) is 12.2. The van der Waals surface area contributed by atoms with Crippen molar-refractivity contribution in [1.29, 1.82) is 0 Å². The minimum absolute atomic E-state index is 0.0751. The van der Waals surface area contributed by atoms with Gasteiger partial charge in [0.05, 0.1) is 5.69 Å². The molecule has 0 unspecified atom stereocenters. The number of aromatic nitrogens is 2. The first-order chi connectivity index (χ1) is 14.2. The second kappa shape index (κ2) is 9.33. The van der Waals surface area contributed by atoms with Gasteiger partial charge in [0.25, 0.3) is 0 Å². The van der Waals surface area contributed by atoms with Crippen molar-refractivity contribution >= 4 is 11.9 Å². The van der Waals surface area contributed by atoms with Gasteiger partial charge in [0.1, 0.15) is 6.04 Å². The van der Waals surface area contributed by atoms with E-state index in [2.05, 4.69) is 37.1 Å². The summed E-state index contributed by atoms with van der Waals surface area (Å²) in [5.41, 5.74) is 2.26. The fourth-order valence-electron chi connectivity index (χ4n) is 4.21. The van der Waals surface area contributed by atoms with E-state index in [-0.39, 0.29) is 11.9 Å². The summed E-state index contributed by atoms with van der Waals surface area (Å²) in [6.07, 6.45) is 4.29. The van der Waals surface area contributed by atoms with Gasteiger partial charge in [0.2, 0.25) is 11.9 Å². The molecule has 0 spiro atoms. The molecule has 7 nitrogen and oxygen atoms in total. The average molecular weight is 395 g/mol. The minimum atomic E-state index is -0.158. The van der Waals surface area contributed by atoms with Crippen LogP contribution in [-0.2, 0) is 17.9 Å². The lowest BCUT2D eigenvalue weighted by molar-refractivity contribution is -0.128. The molecule has 2 aromatic rings. The van der Waals surface area contributed by atoms with E-state index >= 15 is 0 Å². The summed E-state index contributed by atoms with van der Waals surface area (Å²) in [4.78, 5) is 28.7. The van der Waals surface area contributed by atoms with Crippen molar-refractivity contribution < 1.29 is 4.79 Å². The third kappa shape index (κ3) is 4.92. The van der Waals surface area contributed by atoms with Crippen molar-refractivity contribution in [3.05, 3.63) is 53.9 Å². The monoisotopic (exact) mass is 394 g/mol. The van der Waals surface area contributed by atoms with E-state index in [1.807, 2.05) is 30.5 Å². The zero-order valence-electron chi connectivity index (χ0n) is 17.1. The van der Waals surface area contributed by atoms with Crippen molar-refractivity contribution in [3.8, 4) is 0 Å². The van der Waals surface area contributed by atoms with E-state index in [1.165, 1.54) is 18.4 Å². The highest BCUT2D eigenvalue weighted by Gasteiger charge is 2.32. The third-order valence-corrected chi connectivity index (χ3v) is 5.83. The maximum atomic E-state index is 12.6. The summed E-state index contributed by atoms with van der Waals surface area (Å²) in [5, 5.41) is 2.84. The molecule has 1 amide bonds. The Morgan fingerprint density at radius 3 is 2.62 bits per heavy atom. The normalized spacial score (nSPS) is 20.7. The maximum absolute atomic E-state index is 12.6. The molecule has 1 atom stereocenters. The standard InChI is InChI=1S/C22H30N6O/c1-23-21(29)20-17-26(13-14-28(20)15-18-7-3-2-4-8-18)16-19-9-10-24-22(25-19)27-11-5-6-12-27/h2-4,7-10,20H,5-6,11-17H2,1H3,(H,23,29)/t20-/m1/s1. The Bertz CT molecular complexity index is 808. The first kappa shape index (κ1) is 19.8. The molecule has 3 heterocycles. The molecular weight excluding hydrogens is 364 g/mol. The lowest BCUT2D eigenvalue weighted by Gasteiger charge is -2.40. The molecule has 2 saturated heterocycles. The molecule has 0 radical (unpaired) electrons. The Hall–Kier alpha value is -2.51. The number of carbonyl (C=O) groups is 1. The number of rotatable bonds is 6. The van der Waals surface area contributed by atoms with E-state index in [4.69, 9.17) is 4.98 Å². The Morgan fingerprint density at radius 1 is 1.07 bits per heavy atom. The smallest absolute Gasteiger partial charge is 0.238 e. The van der Waals surface area contributed by atoms with E-state index in [0.29, 0.717) is 6.54 Å². The van der Waals surface area contributed by atoms with Crippen LogP contribution in [0, 0.1) is 0 Å². The summed E-state index contributed by atoms with van der Waals surface area (Å²) >= 11 is 0. The summed E-state index contributed by atoms with van der Waals surface area (Å²) in [6.45, 7) is 6.10. The highest BCUT2D eigenvalue weighted by Crippen LogP contribution is 2.18. The summed E-state index contributed by atoms with van der Waals surface area (Å²) < 4.78 is 0. The van der Waals surface area contributed by atoms with E-state index in [1.54, 1.807) is 7.05 Å². The van der Waals surface area contributed by atoms with Crippen molar-refractivity contribution in [3.63, 3.8) is 0 Å². The number of nitrogens with one attached hydrogen (secondary N) is 1. The molecule has 2 fully saturated rings.